The van der Waals surface area contributed by atoms with Crippen molar-refractivity contribution in [2.75, 3.05) is 18.5 Å². The molecule has 1 fully saturated rings. The summed E-state index contributed by atoms with van der Waals surface area (Å²) in [4.78, 5) is 37.1. The minimum Gasteiger partial charge on any atom is -0.302 e. The number of imide groups is 1. The molecule has 0 N–H and O–H groups in total. The number of nitrogens with zero attached hydrogens (tertiary/aromatic N) is 5. The van der Waals surface area contributed by atoms with Crippen molar-refractivity contribution >= 4 is 35.2 Å². The number of amides is 3. The van der Waals surface area contributed by atoms with Crippen LogP contribution in [0, 0.1) is 0 Å². The fraction of sp³-hybridized carbons (Fsp3) is 0.316. The number of fused-ring (bicyclic) bond motifs is 3. The van der Waals surface area contributed by atoms with Crippen molar-refractivity contribution in [2.24, 2.45) is 4.99 Å². The zero-order chi connectivity index (χ0) is 19.3. The van der Waals surface area contributed by atoms with Crippen molar-refractivity contribution in [3.8, 4) is 0 Å². The summed E-state index contributed by atoms with van der Waals surface area (Å²) in [6.45, 7) is 4.08. The maximum Gasteiger partial charge on any atom is 0.328 e. The lowest BCUT2D eigenvalue weighted by molar-refractivity contribution is -0.136. The quantitative estimate of drug-likeness (QED) is 0.751. The molecule has 3 heterocycles. The second-order valence-electron chi connectivity index (χ2n) is 6.69. The predicted octanol–water partition coefficient (Wildman–Crippen LogP) is 2.86. The number of halogens is 1. The first-order valence-electron chi connectivity index (χ1n) is 8.73. The average molecular weight is 386 g/mol. The van der Waals surface area contributed by atoms with Crippen LogP contribution < -0.4 is 4.90 Å². The molecule has 0 bridgehead atoms. The smallest absolute Gasteiger partial charge is 0.302 e. The van der Waals surface area contributed by atoms with Gasteiger partial charge in [0.05, 0.1) is 0 Å². The third kappa shape index (κ3) is 2.61. The third-order valence-electron chi connectivity index (χ3n) is 5.00. The zero-order valence-electron chi connectivity index (χ0n) is 15.3. The van der Waals surface area contributed by atoms with Gasteiger partial charge < -0.3 is 9.80 Å². The molecule has 2 atom stereocenters. The number of likely N-dealkylation sites (N-methyl/N-ethyl adjacent to an activating group) is 1. The number of benzene rings is 1. The lowest BCUT2D eigenvalue weighted by Crippen LogP contribution is -2.64. The van der Waals surface area contributed by atoms with Gasteiger partial charge in [-0.05, 0) is 38.1 Å². The van der Waals surface area contributed by atoms with Crippen LogP contribution in [0.3, 0.4) is 0 Å². The van der Waals surface area contributed by atoms with Crippen molar-refractivity contribution in [3.05, 3.63) is 53.3 Å². The van der Waals surface area contributed by atoms with E-state index < -0.39 is 12.2 Å². The Hall–Kier alpha value is -2.80. The van der Waals surface area contributed by atoms with E-state index in [0.717, 1.165) is 11.4 Å². The van der Waals surface area contributed by atoms with Gasteiger partial charge >= 0.3 is 6.03 Å². The predicted molar refractivity (Wildman–Crippen MR) is 104 cm³/mol. The topological polar surface area (TPSA) is 59.5 Å². The molecule has 3 aliphatic rings. The molecule has 0 aliphatic carbocycles. The summed E-state index contributed by atoms with van der Waals surface area (Å²) in [6, 6.07) is 6.55. The standard InChI is InChI=1S/C19H20ClN5O2/c1-4-5-10-23-17(26)15-16(22(3)19(23)27)21-18-24(15)11-12(2)25(18)14-8-6-13(20)7-9-14/h4-9,11,15-16H,10H2,1-3H3/b5-4+. The summed E-state index contributed by atoms with van der Waals surface area (Å²) in [6.07, 6.45) is 4.99. The summed E-state index contributed by atoms with van der Waals surface area (Å²) in [5.74, 6) is 0.410. The molecular weight excluding hydrogens is 366 g/mol. The highest BCUT2D eigenvalue weighted by Gasteiger charge is 2.54. The molecular formula is C19H20ClN5O2. The Labute approximate surface area is 162 Å². The van der Waals surface area contributed by atoms with Gasteiger partial charge in [-0.25, -0.2) is 9.79 Å². The first-order chi connectivity index (χ1) is 12.9. The van der Waals surface area contributed by atoms with Crippen molar-refractivity contribution in [1.29, 1.82) is 0 Å². The molecule has 1 aromatic carbocycles. The lowest BCUT2D eigenvalue weighted by Gasteiger charge is -2.39. The number of carbonyl (C=O) groups is 2. The van der Waals surface area contributed by atoms with Gasteiger partial charge in [0.15, 0.2) is 12.2 Å². The zero-order valence-corrected chi connectivity index (χ0v) is 16.1. The molecule has 1 saturated heterocycles. The SMILES string of the molecule is C/C=C/CN1C(=O)C2C(N=C3N(c4ccc(Cl)cc4)C(C)=CN32)N(C)C1=O. The lowest BCUT2D eigenvalue weighted by atomic mass is 10.1. The third-order valence-corrected chi connectivity index (χ3v) is 5.25. The van der Waals surface area contributed by atoms with Gasteiger partial charge in [0.25, 0.3) is 5.91 Å². The summed E-state index contributed by atoms with van der Waals surface area (Å²) >= 11 is 6.00. The highest BCUT2D eigenvalue weighted by Crippen LogP contribution is 2.36. The van der Waals surface area contributed by atoms with Crippen LogP contribution in [0.25, 0.3) is 0 Å². The number of hydrogen-bond acceptors (Lipinski definition) is 5. The van der Waals surface area contributed by atoms with Crippen LogP contribution in [-0.4, -0.2) is 58.4 Å². The Kier molecular flexibility index (Phi) is 4.19. The van der Waals surface area contributed by atoms with Gasteiger partial charge in [-0.15, -0.1) is 0 Å². The van der Waals surface area contributed by atoms with Crippen LogP contribution in [0.5, 0.6) is 0 Å². The van der Waals surface area contributed by atoms with Gasteiger partial charge in [0.1, 0.15) is 0 Å². The summed E-state index contributed by atoms with van der Waals surface area (Å²) in [7, 11) is 1.69. The second-order valence-corrected chi connectivity index (χ2v) is 7.12. The Morgan fingerprint density at radius 3 is 2.59 bits per heavy atom. The first kappa shape index (κ1) is 17.6. The van der Waals surface area contributed by atoms with Crippen LogP contribution in [0.1, 0.15) is 13.8 Å². The van der Waals surface area contributed by atoms with E-state index in [1.165, 1.54) is 9.80 Å². The minimum absolute atomic E-state index is 0.234. The molecule has 0 aromatic heterocycles. The summed E-state index contributed by atoms with van der Waals surface area (Å²) < 4.78 is 0. The average Bonchev–Trinajstić information content (AvgIpc) is 3.15. The van der Waals surface area contributed by atoms with E-state index in [4.69, 9.17) is 16.6 Å². The van der Waals surface area contributed by atoms with Gasteiger partial charge in [-0.3, -0.25) is 14.6 Å². The normalized spacial score (nSPS) is 24.6. The molecule has 2 unspecified atom stereocenters. The van der Waals surface area contributed by atoms with E-state index in [-0.39, 0.29) is 18.5 Å². The van der Waals surface area contributed by atoms with Crippen LogP contribution >= 0.6 is 11.6 Å². The van der Waals surface area contributed by atoms with E-state index >= 15 is 0 Å². The monoisotopic (exact) mass is 385 g/mol. The van der Waals surface area contributed by atoms with E-state index in [1.54, 1.807) is 13.1 Å². The van der Waals surface area contributed by atoms with Gasteiger partial charge in [0.2, 0.25) is 5.96 Å². The van der Waals surface area contributed by atoms with Crippen LogP contribution in [0.15, 0.2) is 53.3 Å². The maximum absolute atomic E-state index is 13.1. The number of urea groups is 1. The summed E-state index contributed by atoms with van der Waals surface area (Å²) in [5.41, 5.74) is 1.85. The van der Waals surface area contributed by atoms with E-state index in [1.807, 2.05) is 60.2 Å². The number of guanidine groups is 1. The Balaban J connectivity index is 1.70. The van der Waals surface area contributed by atoms with Gasteiger partial charge in [-0.1, -0.05) is 23.8 Å². The Bertz CT molecular complexity index is 892. The number of carbonyl (C=O) groups excluding carboxylic acids is 2. The summed E-state index contributed by atoms with van der Waals surface area (Å²) in [5, 5.41) is 0.651. The molecule has 4 rings (SSSR count). The molecule has 0 saturated carbocycles. The largest absolute Gasteiger partial charge is 0.328 e. The highest BCUT2D eigenvalue weighted by atomic mass is 35.5. The maximum atomic E-state index is 13.1. The van der Waals surface area contributed by atoms with Crippen molar-refractivity contribution in [3.63, 3.8) is 0 Å². The molecule has 0 spiro atoms. The molecule has 3 amide bonds. The van der Waals surface area contributed by atoms with Crippen molar-refractivity contribution in [2.45, 2.75) is 26.1 Å². The Morgan fingerprint density at radius 2 is 1.93 bits per heavy atom. The van der Waals surface area contributed by atoms with Crippen LogP contribution in [-0.2, 0) is 4.79 Å². The van der Waals surface area contributed by atoms with Crippen LogP contribution in [0.2, 0.25) is 5.02 Å². The van der Waals surface area contributed by atoms with E-state index in [9.17, 15) is 9.59 Å². The number of rotatable bonds is 3. The van der Waals surface area contributed by atoms with E-state index in [2.05, 4.69) is 0 Å². The Morgan fingerprint density at radius 1 is 1.22 bits per heavy atom. The number of hydrogen-bond donors (Lipinski definition) is 0. The van der Waals surface area contributed by atoms with E-state index in [0.29, 0.717) is 11.0 Å². The molecule has 8 heteroatoms. The molecule has 1 aromatic rings. The van der Waals surface area contributed by atoms with Crippen molar-refractivity contribution < 1.29 is 9.59 Å². The fourth-order valence-corrected chi connectivity index (χ4v) is 3.77. The van der Waals surface area contributed by atoms with Gasteiger partial charge in [-0.2, -0.15) is 0 Å². The molecule has 0 radical (unpaired) electrons. The number of allylic oxidation sites excluding steroid dienone is 2. The minimum atomic E-state index is -0.555. The molecule has 3 aliphatic heterocycles. The number of anilines is 1. The van der Waals surface area contributed by atoms with Crippen molar-refractivity contribution in [1.82, 2.24) is 14.7 Å². The molecule has 7 nitrogen and oxygen atoms in total. The number of aliphatic imine (C=N–C) groups is 1. The molecule has 140 valence electrons. The highest BCUT2D eigenvalue weighted by molar-refractivity contribution is 6.30. The van der Waals surface area contributed by atoms with Gasteiger partial charge in [0, 0.05) is 36.2 Å². The molecule has 27 heavy (non-hydrogen) atoms. The first-order valence-corrected chi connectivity index (χ1v) is 9.11. The van der Waals surface area contributed by atoms with Crippen LogP contribution in [0.4, 0.5) is 10.5 Å². The second kappa shape index (κ2) is 6.42. The fourth-order valence-electron chi connectivity index (χ4n) is 3.64.